The van der Waals surface area contributed by atoms with Crippen molar-refractivity contribution >= 4 is 34.3 Å². The van der Waals surface area contributed by atoms with E-state index in [4.69, 9.17) is 0 Å². The molecule has 1 aromatic heterocycles. The molecule has 152 valence electrons. The molecule has 0 saturated heterocycles. The Morgan fingerprint density at radius 1 is 1.17 bits per heavy atom. The molecule has 0 aliphatic heterocycles. The van der Waals surface area contributed by atoms with Gasteiger partial charge in [0.05, 0.1) is 6.42 Å². The first kappa shape index (κ1) is 22.8. The van der Waals surface area contributed by atoms with E-state index in [1.54, 1.807) is 12.4 Å². The highest BCUT2D eigenvalue weighted by Gasteiger charge is 2.41. The number of halogens is 1. The van der Waals surface area contributed by atoms with Crippen LogP contribution in [-0.2, 0) is 17.6 Å². The number of nitrogens with one attached hydrogen (secondary N) is 2. The van der Waals surface area contributed by atoms with Gasteiger partial charge in [-0.15, -0.1) is 0 Å². The van der Waals surface area contributed by atoms with Crippen LogP contribution in [-0.4, -0.2) is 20.4 Å². The Bertz CT molecular complexity index is 915. The normalized spacial score (nSPS) is 13.9. The van der Waals surface area contributed by atoms with Gasteiger partial charge in [-0.05, 0) is 52.3 Å². The third-order valence-corrected chi connectivity index (χ3v) is 6.71. The maximum absolute atomic E-state index is 12.7. The average Bonchev–Trinajstić information content (AvgIpc) is 2.63. The Hall–Kier alpha value is -2.47. The maximum atomic E-state index is 12.7. The van der Waals surface area contributed by atoms with Crippen molar-refractivity contribution in [2.24, 2.45) is 10.4 Å². The number of carbonyl (C=O) groups excluding carboxylic acids is 1. The maximum Gasteiger partial charge on any atom is 0.226 e. The number of carbonyl (C=O) groups is 1. The third-order valence-electron chi connectivity index (χ3n) is 4.55. The van der Waals surface area contributed by atoms with E-state index in [1.807, 2.05) is 70.3 Å². The van der Waals surface area contributed by atoms with Gasteiger partial charge in [-0.2, -0.15) is 10.3 Å². The fourth-order valence-electron chi connectivity index (χ4n) is 2.69. The van der Waals surface area contributed by atoms with E-state index in [2.05, 4.69) is 43.2 Å². The summed E-state index contributed by atoms with van der Waals surface area (Å²) < 4.78 is -0.845. The number of aliphatic imine (C=N–C) groups is 1. The number of nitrogens with zero attached hydrogens (tertiary/aromatic N) is 3. The highest BCUT2D eigenvalue weighted by atomic mass is 127. The van der Waals surface area contributed by atoms with Gasteiger partial charge in [-0.25, -0.2) is 0 Å². The number of hydrogen-bond donors (Lipinski definition) is 2. The number of benzene rings is 1. The molecule has 0 spiro atoms. The molecule has 1 heterocycles. The first-order valence-electron chi connectivity index (χ1n) is 9.32. The van der Waals surface area contributed by atoms with Crippen LogP contribution in [0.25, 0.3) is 0 Å². The predicted molar refractivity (Wildman–Crippen MR) is 123 cm³/mol. The molecule has 0 saturated carbocycles. The molecule has 29 heavy (non-hydrogen) atoms. The van der Waals surface area contributed by atoms with Crippen molar-refractivity contribution in [1.82, 2.24) is 15.6 Å². The molecule has 0 fully saturated rings. The van der Waals surface area contributed by atoms with E-state index in [9.17, 15) is 10.1 Å². The number of hydrogen-bond acceptors (Lipinski definition) is 4. The molecule has 0 radical (unpaired) electrons. The van der Waals surface area contributed by atoms with E-state index >= 15 is 0 Å². The quantitative estimate of drug-likeness (QED) is 0.119. The van der Waals surface area contributed by atoms with Gasteiger partial charge in [0.1, 0.15) is 5.84 Å². The molecule has 1 unspecified atom stereocenters. The fraction of sp³-hybridized carbons (Fsp3) is 0.364. The molecular formula is C22H26IN5O. The number of amidine groups is 1. The number of nitriles is 1. The molecule has 7 heteroatoms. The molecule has 0 aliphatic rings. The summed E-state index contributed by atoms with van der Waals surface area (Å²) in [6, 6.07) is 11.6. The summed E-state index contributed by atoms with van der Waals surface area (Å²) >= 11 is 2.20. The van der Waals surface area contributed by atoms with Crippen LogP contribution in [0.2, 0.25) is 0 Å². The smallest absolute Gasteiger partial charge is 0.226 e. The zero-order valence-corrected chi connectivity index (χ0v) is 19.3. The number of aryl methyl sites for hydroxylation is 1. The first-order chi connectivity index (χ1) is 13.6. The van der Waals surface area contributed by atoms with Crippen molar-refractivity contribution in [3.8, 4) is 6.19 Å². The van der Waals surface area contributed by atoms with Crippen LogP contribution in [0.4, 0.5) is 0 Å². The minimum Gasteiger partial charge on any atom is -0.341 e. The van der Waals surface area contributed by atoms with E-state index in [0.29, 0.717) is 12.3 Å². The van der Waals surface area contributed by atoms with Gasteiger partial charge in [0, 0.05) is 24.2 Å². The van der Waals surface area contributed by atoms with Crippen LogP contribution in [0.15, 0.2) is 53.8 Å². The predicted octanol–water partition coefficient (Wildman–Crippen LogP) is 3.90. The molecule has 2 rings (SSSR count). The second-order valence-corrected chi connectivity index (χ2v) is 9.50. The largest absolute Gasteiger partial charge is 0.341 e. The number of pyridine rings is 1. The zero-order chi connectivity index (χ0) is 21.5. The van der Waals surface area contributed by atoms with Crippen LogP contribution in [0.1, 0.15) is 37.5 Å². The van der Waals surface area contributed by atoms with Gasteiger partial charge in [-0.3, -0.25) is 9.78 Å². The average molecular weight is 503 g/mol. The lowest BCUT2D eigenvalue weighted by Crippen LogP contribution is -2.63. The lowest BCUT2D eigenvalue weighted by molar-refractivity contribution is -0.122. The van der Waals surface area contributed by atoms with Gasteiger partial charge in [0.15, 0.2) is 3.67 Å². The van der Waals surface area contributed by atoms with E-state index in [-0.39, 0.29) is 17.7 Å². The molecule has 2 aromatic rings. The summed E-state index contributed by atoms with van der Waals surface area (Å²) in [5, 5.41) is 15.6. The van der Waals surface area contributed by atoms with Gasteiger partial charge in [0.25, 0.3) is 0 Å². The molecule has 2 N–H and O–H groups in total. The fourth-order valence-corrected chi connectivity index (χ4v) is 3.30. The number of amides is 1. The standard InChI is InChI=1S/C22H26IN5O/c1-16-8-5-6-10-18(16)13-19(26-15-24)27-22(23,21(2,3)4)28-20(29)12-17-9-7-11-25-14-17/h5-11,14H,12-13H2,1-4H3,(H,26,27)(H,28,29). The van der Waals surface area contributed by atoms with Crippen LogP contribution >= 0.6 is 22.6 Å². The Morgan fingerprint density at radius 3 is 2.48 bits per heavy atom. The summed E-state index contributed by atoms with van der Waals surface area (Å²) in [5.41, 5.74) is 2.67. The second kappa shape index (κ2) is 9.83. The summed E-state index contributed by atoms with van der Waals surface area (Å²) in [6.07, 6.45) is 5.93. The highest BCUT2D eigenvalue weighted by Crippen LogP contribution is 2.34. The van der Waals surface area contributed by atoms with Gasteiger partial charge in [0.2, 0.25) is 12.1 Å². The number of aromatic nitrogens is 1. The SMILES string of the molecule is Cc1ccccc1CC(=NC#N)NC(I)(NC(=O)Cc1cccnc1)C(C)(C)C. The topological polar surface area (TPSA) is 90.2 Å². The summed E-state index contributed by atoms with van der Waals surface area (Å²) in [7, 11) is 0. The van der Waals surface area contributed by atoms with Crippen molar-refractivity contribution in [2.45, 2.75) is 44.2 Å². The molecule has 6 nitrogen and oxygen atoms in total. The van der Waals surface area contributed by atoms with Crippen molar-refractivity contribution in [1.29, 1.82) is 5.26 Å². The zero-order valence-electron chi connectivity index (χ0n) is 17.2. The summed E-state index contributed by atoms with van der Waals surface area (Å²) in [6.45, 7) is 8.09. The first-order valence-corrected chi connectivity index (χ1v) is 10.4. The number of rotatable bonds is 6. The van der Waals surface area contributed by atoms with Crippen molar-refractivity contribution < 1.29 is 4.79 Å². The van der Waals surface area contributed by atoms with E-state index in [0.717, 1.165) is 16.7 Å². The Labute approximate surface area is 186 Å². The Morgan fingerprint density at radius 2 is 1.90 bits per heavy atom. The molecule has 1 aromatic carbocycles. The monoisotopic (exact) mass is 503 g/mol. The van der Waals surface area contributed by atoms with Crippen molar-refractivity contribution in [3.63, 3.8) is 0 Å². The number of alkyl halides is 1. The van der Waals surface area contributed by atoms with Crippen LogP contribution in [0.3, 0.4) is 0 Å². The second-order valence-electron chi connectivity index (χ2n) is 7.88. The molecular weight excluding hydrogens is 477 g/mol. The highest BCUT2D eigenvalue weighted by molar-refractivity contribution is 14.1. The van der Waals surface area contributed by atoms with Crippen molar-refractivity contribution in [2.75, 3.05) is 0 Å². The van der Waals surface area contributed by atoms with Crippen LogP contribution in [0.5, 0.6) is 0 Å². The lowest BCUT2D eigenvalue weighted by Gasteiger charge is -2.42. The lowest BCUT2D eigenvalue weighted by atomic mass is 9.91. The molecule has 0 bridgehead atoms. The summed E-state index contributed by atoms with van der Waals surface area (Å²) in [5.74, 6) is 0.370. The Balaban J connectivity index is 2.23. The third kappa shape index (κ3) is 6.53. The van der Waals surface area contributed by atoms with Crippen molar-refractivity contribution in [3.05, 3.63) is 65.5 Å². The summed E-state index contributed by atoms with van der Waals surface area (Å²) in [4.78, 5) is 20.8. The Kier molecular flexibility index (Phi) is 7.73. The van der Waals surface area contributed by atoms with E-state index in [1.165, 1.54) is 0 Å². The minimum absolute atomic E-state index is 0.137. The van der Waals surface area contributed by atoms with E-state index < -0.39 is 3.67 Å². The molecule has 1 amide bonds. The van der Waals surface area contributed by atoms with Crippen LogP contribution in [0, 0.1) is 23.8 Å². The van der Waals surface area contributed by atoms with Crippen LogP contribution < -0.4 is 10.6 Å². The molecule has 0 aliphatic carbocycles. The van der Waals surface area contributed by atoms with Gasteiger partial charge in [-0.1, -0.05) is 51.1 Å². The van der Waals surface area contributed by atoms with Gasteiger partial charge < -0.3 is 10.6 Å². The minimum atomic E-state index is -0.845. The molecule has 1 atom stereocenters. The van der Waals surface area contributed by atoms with Gasteiger partial charge >= 0.3 is 0 Å².